The first-order valence-corrected chi connectivity index (χ1v) is 7.67. The highest BCUT2D eigenvalue weighted by atomic mass is 16.6. The van der Waals surface area contributed by atoms with Crippen LogP contribution in [0.25, 0.3) is 0 Å². The van der Waals surface area contributed by atoms with E-state index < -0.39 is 23.1 Å². The van der Waals surface area contributed by atoms with Crippen molar-refractivity contribution >= 4 is 17.5 Å². The average molecular weight is 323 g/mol. The number of methoxy groups -OCH3 is 1. The molecule has 1 rings (SSSR count). The van der Waals surface area contributed by atoms with Crippen LogP contribution >= 0.6 is 0 Å². The zero-order valence-corrected chi connectivity index (χ0v) is 14.2. The highest BCUT2D eigenvalue weighted by Gasteiger charge is 2.50. The van der Waals surface area contributed by atoms with E-state index in [2.05, 4.69) is 12.1 Å². The van der Waals surface area contributed by atoms with Gasteiger partial charge in [-0.05, 0) is 11.8 Å². The molecule has 0 bridgehead atoms. The van der Waals surface area contributed by atoms with Crippen LogP contribution in [0.2, 0.25) is 0 Å². The van der Waals surface area contributed by atoms with Gasteiger partial charge in [-0.15, -0.1) is 6.58 Å². The maximum absolute atomic E-state index is 12.8. The molecule has 0 aromatic rings. The predicted molar refractivity (Wildman–Crippen MR) is 85.1 cm³/mol. The fourth-order valence-electron chi connectivity index (χ4n) is 2.77. The van der Waals surface area contributed by atoms with Crippen LogP contribution in [-0.2, 0) is 24.0 Å². The number of hydrogen-bond acceptors (Lipinski definition) is 6. The standard InChI is InChI=1S/C17H25NO5/c1-6-8-11(18-23-9-7-2)13-12(19)10-17(3,4)14(15(13)20)16(21)22-5/h7,14,18H,2,6,8-10H2,1,3-5H3/b13-11-. The van der Waals surface area contributed by atoms with E-state index in [0.29, 0.717) is 12.1 Å². The second-order valence-corrected chi connectivity index (χ2v) is 6.21. The maximum atomic E-state index is 12.8. The van der Waals surface area contributed by atoms with E-state index >= 15 is 0 Å². The van der Waals surface area contributed by atoms with E-state index in [-0.39, 0.29) is 24.4 Å². The van der Waals surface area contributed by atoms with E-state index in [4.69, 9.17) is 9.57 Å². The van der Waals surface area contributed by atoms with Gasteiger partial charge in [0.1, 0.15) is 5.92 Å². The summed E-state index contributed by atoms with van der Waals surface area (Å²) in [5.41, 5.74) is 2.33. The molecule has 23 heavy (non-hydrogen) atoms. The third-order valence-electron chi connectivity index (χ3n) is 3.82. The molecular formula is C17H25NO5. The monoisotopic (exact) mass is 323 g/mol. The lowest BCUT2D eigenvalue weighted by molar-refractivity contribution is -0.155. The molecule has 0 aromatic carbocycles. The molecule has 128 valence electrons. The third kappa shape index (κ3) is 4.28. The minimum absolute atomic E-state index is 0.0191. The van der Waals surface area contributed by atoms with Gasteiger partial charge in [0, 0.05) is 6.42 Å². The molecule has 0 saturated heterocycles. The fourth-order valence-corrected chi connectivity index (χ4v) is 2.77. The molecule has 1 N–H and O–H groups in total. The number of rotatable bonds is 7. The molecule has 1 atom stereocenters. The van der Waals surface area contributed by atoms with Crippen molar-refractivity contribution in [1.82, 2.24) is 5.48 Å². The van der Waals surface area contributed by atoms with Crippen molar-refractivity contribution in [2.24, 2.45) is 11.3 Å². The smallest absolute Gasteiger partial charge is 0.317 e. The molecule has 6 heteroatoms. The number of hydroxylamine groups is 1. The highest BCUT2D eigenvalue weighted by molar-refractivity contribution is 6.27. The van der Waals surface area contributed by atoms with Gasteiger partial charge in [0.2, 0.25) is 0 Å². The summed E-state index contributed by atoms with van der Waals surface area (Å²) in [5, 5.41) is 0. The fraction of sp³-hybridized carbons (Fsp3) is 0.588. The molecule has 0 heterocycles. The van der Waals surface area contributed by atoms with Crippen molar-refractivity contribution in [1.29, 1.82) is 0 Å². The van der Waals surface area contributed by atoms with Crippen molar-refractivity contribution in [2.75, 3.05) is 13.7 Å². The predicted octanol–water partition coefficient (Wildman–Crippen LogP) is 2.11. The molecule has 1 aliphatic rings. The van der Waals surface area contributed by atoms with Gasteiger partial charge >= 0.3 is 5.97 Å². The van der Waals surface area contributed by atoms with Crippen molar-refractivity contribution in [3.05, 3.63) is 23.9 Å². The van der Waals surface area contributed by atoms with Gasteiger partial charge in [0.05, 0.1) is 25.0 Å². The van der Waals surface area contributed by atoms with Crippen LogP contribution in [0.5, 0.6) is 0 Å². The van der Waals surface area contributed by atoms with Gasteiger partial charge in [-0.1, -0.05) is 33.3 Å². The summed E-state index contributed by atoms with van der Waals surface area (Å²) >= 11 is 0. The van der Waals surface area contributed by atoms with Crippen molar-refractivity contribution in [2.45, 2.75) is 40.0 Å². The maximum Gasteiger partial charge on any atom is 0.317 e. The molecule has 0 spiro atoms. The first-order valence-electron chi connectivity index (χ1n) is 7.67. The van der Waals surface area contributed by atoms with Crippen molar-refractivity contribution in [3.8, 4) is 0 Å². The first-order chi connectivity index (χ1) is 10.8. The van der Waals surface area contributed by atoms with Gasteiger partial charge in [-0.2, -0.15) is 0 Å². The lowest BCUT2D eigenvalue weighted by Gasteiger charge is -2.36. The Morgan fingerprint density at radius 1 is 1.43 bits per heavy atom. The van der Waals surface area contributed by atoms with Gasteiger partial charge < -0.3 is 4.74 Å². The quantitative estimate of drug-likeness (QED) is 0.147. The Balaban J connectivity index is 3.27. The molecular weight excluding hydrogens is 298 g/mol. The molecule has 0 aliphatic heterocycles. The van der Waals surface area contributed by atoms with E-state index in [1.54, 1.807) is 19.9 Å². The number of nitrogens with one attached hydrogen (secondary N) is 1. The summed E-state index contributed by atoms with van der Waals surface area (Å²) in [4.78, 5) is 42.5. The van der Waals surface area contributed by atoms with Crippen LogP contribution in [0.1, 0.15) is 40.0 Å². The normalized spacial score (nSPS) is 22.5. The van der Waals surface area contributed by atoms with Gasteiger partial charge in [-0.3, -0.25) is 24.7 Å². The number of ether oxygens (including phenoxy) is 1. The highest BCUT2D eigenvalue weighted by Crippen LogP contribution is 2.40. The van der Waals surface area contributed by atoms with Crippen LogP contribution in [0.15, 0.2) is 23.9 Å². The summed E-state index contributed by atoms with van der Waals surface area (Å²) in [6.45, 7) is 9.14. The second-order valence-electron chi connectivity index (χ2n) is 6.21. The van der Waals surface area contributed by atoms with Crippen LogP contribution < -0.4 is 5.48 Å². The Morgan fingerprint density at radius 3 is 2.61 bits per heavy atom. The van der Waals surface area contributed by atoms with Crippen molar-refractivity contribution in [3.63, 3.8) is 0 Å². The van der Waals surface area contributed by atoms with E-state index in [0.717, 1.165) is 6.42 Å². The molecule has 1 saturated carbocycles. The SMILES string of the molecule is C=CCON/C(CCC)=C1/C(=O)CC(C)(C)C(C(=O)OC)C1=O. The summed E-state index contributed by atoms with van der Waals surface area (Å²) in [6.07, 6.45) is 2.84. The summed E-state index contributed by atoms with van der Waals surface area (Å²) in [5.74, 6) is -2.39. The Kier molecular flexibility index (Phi) is 6.69. The average Bonchev–Trinajstić information content (AvgIpc) is 2.45. The summed E-state index contributed by atoms with van der Waals surface area (Å²) < 4.78 is 4.76. The van der Waals surface area contributed by atoms with Crippen LogP contribution in [0.4, 0.5) is 0 Å². The number of carbonyl (C=O) groups is 3. The van der Waals surface area contributed by atoms with Crippen LogP contribution in [-0.4, -0.2) is 31.3 Å². The third-order valence-corrected chi connectivity index (χ3v) is 3.82. The van der Waals surface area contributed by atoms with Gasteiger partial charge in [0.15, 0.2) is 11.6 Å². The van der Waals surface area contributed by atoms with Crippen molar-refractivity contribution < 1.29 is 24.0 Å². The van der Waals surface area contributed by atoms with Gasteiger partial charge in [0.25, 0.3) is 0 Å². The largest absolute Gasteiger partial charge is 0.468 e. The Hall–Kier alpha value is -1.95. The first kappa shape index (κ1) is 19.1. The topological polar surface area (TPSA) is 81.7 Å². The van der Waals surface area contributed by atoms with E-state index in [9.17, 15) is 14.4 Å². The molecule has 0 amide bonds. The minimum atomic E-state index is -0.992. The number of allylic oxidation sites excluding steroid dienone is 2. The number of esters is 1. The lowest BCUT2D eigenvalue weighted by atomic mass is 9.65. The van der Waals surface area contributed by atoms with Gasteiger partial charge in [-0.25, -0.2) is 0 Å². The molecule has 6 nitrogen and oxygen atoms in total. The molecule has 1 unspecified atom stereocenters. The Morgan fingerprint density at radius 2 is 2.09 bits per heavy atom. The molecule has 0 aromatic heterocycles. The number of Topliss-reactive ketones (excluding diaryl/α,β-unsaturated/α-hetero) is 2. The molecule has 0 radical (unpaired) electrons. The number of carbonyl (C=O) groups excluding carboxylic acids is 3. The Labute approximate surface area is 136 Å². The van der Waals surface area contributed by atoms with Crippen LogP contribution in [0, 0.1) is 11.3 Å². The number of ketones is 2. The Bertz CT molecular complexity index is 533. The zero-order chi connectivity index (χ0) is 17.6. The van der Waals surface area contributed by atoms with E-state index in [1.165, 1.54) is 7.11 Å². The van der Waals surface area contributed by atoms with Crippen LogP contribution in [0.3, 0.4) is 0 Å². The minimum Gasteiger partial charge on any atom is -0.468 e. The molecule has 1 aliphatic carbocycles. The molecule has 1 fully saturated rings. The summed E-state index contributed by atoms with van der Waals surface area (Å²) in [6, 6.07) is 0. The zero-order valence-electron chi connectivity index (χ0n) is 14.2. The number of hydrogen-bond donors (Lipinski definition) is 1. The van der Waals surface area contributed by atoms with E-state index in [1.807, 2.05) is 6.92 Å². The lowest BCUT2D eigenvalue weighted by Crippen LogP contribution is -2.47. The summed E-state index contributed by atoms with van der Waals surface area (Å²) in [7, 11) is 1.24. The second kappa shape index (κ2) is 8.06.